The number of alkyl halides is 3. The minimum atomic E-state index is -4.62. The summed E-state index contributed by atoms with van der Waals surface area (Å²) in [5, 5.41) is 5.24. The smallest absolute Gasteiger partial charge is 0.418 e. The maximum absolute atomic E-state index is 14.0. The van der Waals surface area contributed by atoms with E-state index in [2.05, 4.69) is 10.6 Å². The Kier molecular flexibility index (Phi) is 7.70. The van der Waals surface area contributed by atoms with Crippen LogP contribution in [0.1, 0.15) is 24.0 Å². The van der Waals surface area contributed by atoms with E-state index < -0.39 is 23.3 Å². The lowest BCUT2D eigenvalue weighted by molar-refractivity contribution is -0.137. The first kappa shape index (κ1) is 29.1. The number of benzene rings is 3. The number of amides is 4. The highest BCUT2D eigenvalue weighted by Crippen LogP contribution is 2.40. The predicted molar refractivity (Wildman–Crippen MR) is 154 cm³/mol. The normalized spacial score (nSPS) is 17.2. The van der Waals surface area contributed by atoms with E-state index in [-0.39, 0.29) is 70.0 Å². The van der Waals surface area contributed by atoms with Gasteiger partial charge in [-0.2, -0.15) is 13.2 Å². The molecular formula is C31H30F3N5O5. The molecule has 3 aromatic rings. The number of halogens is 3. The zero-order valence-corrected chi connectivity index (χ0v) is 23.6. The lowest BCUT2D eigenvalue weighted by Crippen LogP contribution is -2.58. The fraction of sp³-hybridized carbons (Fsp3) is 0.323. The molecule has 2 saturated heterocycles. The Morgan fingerprint density at radius 2 is 1.61 bits per heavy atom. The molecule has 44 heavy (non-hydrogen) atoms. The van der Waals surface area contributed by atoms with Gasteiger partial charge in [-0.05, 0) is 54.8 Å². The van der Waals surface area contributed by atoms with Gasteiger partial charge in [0.05, 0.1) is 17.9 Å². The van der Waals surface area contributed by atoms with Crippen molar-refractivity contribution in [2.75, 3.05) is 43.3 Å². The van der Waals surface area contributed by atoms with Crippen molar-refractivity contribution < 1.29 is 37.0 Å². The Bertz CT molecular complexity index is 1560. The molecule has 2 N–H and O–H groups in total. The van der Waals surface area contributed by atoms with Gasteiger partial charge in [-0.25, -0.2) is 4.79 Å². The van der Waals surface area contributed by atoms with Crippen molar-refractivity contribution in [3.63, 3.8) is 0 Å². The highest BCUT2D eigenvalue weighted by Gasteiger charge is 2.54. The van der Waals surface area contributed by atoms with Crippen LogP contribution in [0, 0.1) is 0 Å². The molecule has 6 rings (SSSR count). The molecule has 3 aromatic carbocycles. The molecule has 3 aliphatic heterocycles. The second kappa shape index (κ2) is 11.6. The van der Waals surface area contributed by atoms with Crippen LogP contribution in [-0.4, -0.2) is 66.3 Å². The quantitative estimate of drug-likeness (QED) is 0.429. The summed E-state index contributed by atoms with van der Waals surface area (Å²) < 4.78 is 51.1. The number of nitrogens with one attached hydrogen (secondary N) is 2. The third-order valence-electron chi connectivity index (χ3n) is 8.19. The van der Waals surface area contributed by atoms with Gasteiger partial charge in [0, 0.05) is 25.3 Å². The van der Waals surface area contributed by atoms with Crippen molar-refractivity contribution in [1.82, 2.24) is 15.1 Å². The topological polar surface area (TPSA) is 103 Å². The van der Waals surface area contributed by atoms with Crippen molar-refractivity contribution in [3.05, 3.63) is 83.9 Å². The van der Waals surface area contributed by atoms with Gasteiger partial charge in [0.15, 0.2) is 11.5 Å². The number of rotatable bonds is 6. The van der Waals surface area contributed by atoms with Gasteiger partial charge in [0.25, 0.3) is 5.91 Å². The van der Waals surface area contributed by atoms with Crippen LogP contribution >= 0.6 is 0 Å². The van der Waals surface area contributed by atoms with Crippen LogP contribution in [0.15, 0.2) is 72.8 Å². The standard InChI is InChI=1S/C31H30F3N5O5/c32-31(33,34)23-8-4-5-9-24(23)36-29(42)37-14-12-30(13-15-37)28(41)38(19-39(30)22-6-2-1-3-7-22)18-27(40)35-17-21-10-11-25-26(16-21)44-20-43-25/h1-11,16H,12-15,17-20H2,(H,35,40)(H,36,42). The van der Waals surface area contributed by atoms with Gasteiger partial charge < -0.3 is 34.8 Å². The van der Waals surface area contributed by atoms with E-state index in [1.165, 1.54) is 28.0 Å². The average Bonchev–Trinajstić information content (AvgIpc) is 3.59. The van der Waals surface area contributed by atoms with Crippen molar-refractivity contribution >= 4 is 29.2 Å². The third-order valence-corrected chi connectivity index (χ3v) is 8.19. The largest absolute Gasteiger partial charge is 0.454 e. The van der Waals surface area contributed by atoms with E-state index in [0.717, 1.165) is 17.3 Å². The fourth-order valence-corrected chi connectivity index (χ4v) is 5.92. The molecule has 2 fully saturated rings. The lowest BCUT2D eigenvalue weighted by atomic mass is 9.85. The van der Waals surface area contributed by atoms with Crippen molar-refractivity contribution in [1.29, 1.82) is 0 Å². The Labute approximate surface area is 251 Å². The summed E-state index contributed by atoms with van der Waals surface area (Å²) in [6, 6.07) is 18.9. The summed E-state index contributed by atoms with van der Waals surface area (Å²) in [4.78, 5) is 44.8. The van der Waals surface area contributed by atoms with E-state index in [9.17, 15) is 27.6 Å². The number of nitrogens with zero attached hydrogens (tertiary/aromatic N) is 3. The number of hydrogen-bond acceptors (Lipinski definition) is 6. The first-order valence-electron chi connectivity index (χ1n) is 14.1. The highest BCUT2D eigenvalue weighted by atomic mass is 19.4. The molecule has 3 heterocycles. The van der Waals surface area contributed by atoms with Crippen LogP contribution in [-0.2, 0) is 22.3 Å². The molecule has 0 radical (unpaired) electrons. The molecule has 0 aliphatic carbocycles. The van der Waals surface area contributed by atoms with E-state index >= 15 is 0 Å². The zero-order chi connectivity index (χ0) is 30.9. The minimum Gasteiger partial charge on any atom is -0.454 e. The Hall–Kier alpha value is -4.94. The number of likely N-dealkylation sites (tertiary alicyclic amines) is 1. The van der Waals surface area contributed by atoms with Crippen LogP contribution in [0.4, 0.5) is 29.3 Å². The van der Waals surface area contributed by atoms with Crippen molar-refractivity contribution in [2.45, 2.75) is 31.1 Å². The van der Waals surface area contributed by atoms with Crippen LogP contribution in [0.3, 0.4) is 0 Å². The summed E-state index contributed by atoms with van der Waals surface area (Å²) in [5.74, 6) is 0.684. The number of piperidine rings is 1. The summed E-state index contributed by atoms with van der Waals surface area (Å²) >= 11 is 0. The summed E-state index contributed by atoms with van der Waals surface area (Å²) in [7, 11) is 0. The number of para-hydroxylation sites is 2. The van der Waals surface area contributed by atoms with E-state index in [4.69, 9.17) is 9.47 Å². The Balaban J connectivity index is 1.13. The molecule has 1 spiro atoms. The molecule has 4 amide bonds. The van der Waals surface area contributed by atoms with E-state index in [1.807, 2.05) is 41.3 Å². The number of carbonyl (C=O) groups excluding carboxylic acids is 3. The lowest BCUT2D eigenvalue weighted by Gasteiger charge is -2.43. The molecule has 13 heteroatoms. The van der Waals surface area contributed by atoms with Crippen LogP contribution in [0.2, 0.25) is 0 Å². The molecular weight excluding hydrogens is 579 g/mol. The second-order valence-corrected chi connectivity index (χ2v) is 10.9. The van der Waals surface area contributed by atoms with E-state index in [1.54, 1.807) is 12.1 Å². The summed E-state index contributed by atoms with van der Waals surface area (Å²) in [5.41, 5.74) is -0.663. The minimum absolute atomic E-state index is 0.138. The predicted octanol–water partition coefficient (Wildman–Crippen LogP) is 4.42. The molecule has 10 nitrogen and oxygen atoms in total. The van der Waals surface area contributed by atoms with Gasteiger partial charge in [-0.1, -0.05) is 36.4 Å². The molecule has 0 aromatic heterocycles. The van der Waals surface area contributed by atoms with Crippen molar-refractivity contribution in [3.8, 4) is 11.5 Å². The van der Waals surface area contributed by atoms with Crippen molar-refractivity contribution in [2.24, 2.45) is 0 Å². The Morgan fingerprint density at radius 3 is 2.36 bits per heavy atom. The zero-order valence-electron chi connectivity index (χ0n) is 23.6. The monoisotopic (exact) mass is 609 g/mol. The van der Waals surface area contributed by atoms with Gasteiger partial charge >= 0.3 is 12.2 Å². The van der Waals surface area contributed by atoms with Crippen LogP contribution < -0.4 is 25.0 Å². The highest BCUT2D eigenvalue weighted by molar-refractivity contribution is 5.97. The first-order valence-corrected chi connectivity index (χ1v) is 14.1. The van der Waals surface area contributed by atoms with E-state index in [0.29, 0.717) is 11.5 Å². The van der Waals surface area contributed by atoms with Crippen LogP contribution in [0.25, 0.3) is 0 Å². The maximum Gasteiger partial charge on any atom is 0.418 e. The number of fused-ring (bicyclic) bond motifs is 1. The van der Waals surface area contributed by atoms with Gasteiger partial charge in [0.1, 0.15) is 12.1 Å². The van der Waals surface area contributed by atoms with Gasteiger partial charge in [0.2, 0.25) is 12.7 Å². The molecule has 0 saturated carbocycles. The molecule has 0 unspecified atom stereocenters. The summed E-state index contributed by atoms with van der Waals surface area (Å²) in [6.07, 6.45) is -4.14. The maximum atomic E-state index is 14.0. The second-order valence-electron chi connectivity index (χ2n) is 10.9. The number of anilines is 2. The summed E-state index contributed by atoms with van der Waals surface area (Å²) in [6.45, 7) is 0.680. The fourth-order valence-electron chi connectivity index (χ4n) is 5.92. The number of carbonyl (C=O) groups is 3. The Morgan fingerprint density at radius 1 is 0.909 bits per heavy atom. The average molecular weight is 610 g/mol. The van der Waals surface area contributed by atoms with Gasteiger partial charge in [-0.15, -0.1) is 0 Å². The number of urea groups is 1. The number of hydrogen-bond donors (Lipinski definition) is 2. The molecule has 230 valence electrons. The van der Waals surface area contributed by atoms with Gasteiger partial charge in [-0.3, -0.25) is 9.59 Å². The van der Waals surface area contributed by atoms with Crippen LogP contribution in [0.5, 0.6) is 11.5 Å². The molecule has 0 atom stereocenters. The molecule has 0 bridgehead atoms. The first-order chi connectivity index (χ1) is 21.1. The third kappa shape index (κ3) is 5.69. The SMILES string of the molecule is O=C(CN1CN(c2ccccc2)C2(CCN(C(=O)Nc3ccccc3C(F)(F)F)CC2)C1=O)NCc1ccc2c(c1)OCO2. The number of ether oxygens (including phenoxy) is 2. The molecule has 3 aliphatic rings.